The standard InChI is InChI=1S/C17H18N2O6/c1-3-13-15(16(20)21)14(12(9-18-13)17(22)25-4-2)10-6-5-7-11(8-10)19(23)24/h5-9,14,18H,3-4H2,1-2H3,(H,20,21). The number of nitro benzene ring substituents is 1. The molecule has 0 aliphatic carbocycles. The Balaban J connectivity index is 2.63. The molecule has 1 unspecified atom stereocenters. The van der Waals surface area contributed by atoms with E-state index in [1.807, 2.05) is 0 Å². The molecular weight excluding hydrogens is 328 g/mol. The van der Waals surface area contributed by atoms with Gasteiger partial charge in [0.15, 0.2) is 0 Å². The molecule has 2 N–H and O–H groups in total. The first-order chi connectivity index (χ1) is 11.9. The molecule has 0 bridgehead atoms. The van der Waals surface area contributed by atoms with E-state index in [0.717, 1.165) is 0 Å². The minimum atomic E-state index is -1.20. The number of benzene rings is 1. The van der Waals surface area contributed by atoms with Gasteiger partial charge in [0.1, 0.15) is 0 Å². The van der Waals surface area contributed by atoms with Gasteiger partial charge in [-0.25, -0.2) is 9.59 Å². The fraction of sp³-hybridized carbons (Fsp3) is 0.294. The number of hydrogen-bond donors (Lipinski definition) is 2. The molecule has 132 valence electrons. The summed E-state index contributed by atoms with van der Waals surface area (Å²) in [4.78, 5) is 34.6. The van der Waals surface area contributed by atoms with Crippen molar-refractivity contribution < 1.29 is 24.4 Å². The minimum Gasteiger partial charge on any atom is -0.478 e. The smallest absolute Gasteiger partial charge is 0.336 e. The molecule has 8 nitrogen and oxygen atoms in total. The van der Waals surface area contributed by atoms with Crippen LogP contribution in [0.1, 0.15) is 31.7 Å². The van der Waals surface area contributed by atoms with Gasteiger partial charge < -0.3 is 15.2 Å². The van der Waals surface area contributed by atoms with Crippen LogP contribution in [0.25, 0.3) is 0 Å². The molecule has 1 aliphatic rings. The summed E-state index contributed by atoms with van der Waals surface area (Å²) in [6.45, 7) is 3.55. The number of rotatable bonds is 6. The number of carbonyl (C=O) groups is 2. The van der Waals surface area contributed by atoms with Crippen LogP contribution in [0.5, 0.6) is 0 Å². The van der Waals surface area contributed by atoms with Crippen LogP contribution in [0.15, 0.2) is 47.3 Å². The van der Waals surface area contributed by atoms with Crippen molar-refractivity contribution >= 4 is 17.6 Å². The molecule has 1 aromatic rings. The summed E-state index contributed by atoms with van der Waals surface area (Å²) in [5.41, 5.74) is 0.683. The second-order valence-electron chi connectivity index (χ2n) is 5.30. The third kappa shape index (κ3) is 3.68. The van der Waals surface area contributed by atoms with Crippen LogP contribution in [-0.2, 0) is 14.3 Å². The number of carboxylic acid groups (broad SMARTS) is 1. The Bertz CT molecular complexity index is 781. The maximum Gasteiger partial charge on any atom is 0.336 e. The normalized spacial score (nSPS) is 16.7. The zero-order chi connectivity index (χ0) is 18.6. The van der Waals surface area contributed by atoms with Gasteiger partial charge in [-0.3, -0.25) is 10.1 Å². The SMILES string of the molecule is CCOC(=O)C1=CNC(CC)=C(C(=O)O)C1c1cccc([N+](=O)[O-])c1. The van der Waals surface area contributed by atoms with Crippen LogP contribution in [0.2, 0.25) is 0 Å². The molecule has 0 amide bonds. The molecule has 1 aromatic carbocycles. The summed E-state index contributed by atoms with van der Waals surface area (Å²) in [6.07, 6.45) is 1.81. The number of non-ortho nitro benzene ring substituents is 1. The average molecular weight is 346 g/mol. The molecule has 0 spiro atoms. The predicted molar refractivity (Wildman–Crippen MR) is 88.6 cm³/mol. The summed E-state index contributed by atoms with van der Waals surface area (Å²) in [5, 5.41) is 23.5. The van der Waals surface area contributed by atoms with Crippen LogP contribution >= 0.6 is 0 Å². The molecule has 1 atom stereocenters. The number of aliphatic carboxylic acids is 1. The van der Waals surface area contributed by atoms with Gasteiger partial charge in [0.05, 0.1) is 28.6 Å². The number of nitro groups is 1. The van der Waals surface area contributed by atoms with Crippen molar-refractivity contribution in [3.05, 3.63) is 63.0 Å². The first-order valence-electron chi connectivity index (χ1n) is 7.75. The lowest BCUT2D eigenvalue weighted by Gasteiger charge is -2.27. The number of dihydropyridines is 1. The van der Waals surface area contributed by atoms with E-state index >= 15 is 0 Å². The Morgan fingerprint density at radius 3 is 2.64 bits per heavy atom. The Morgan fingerprint density at radius 2 is 2.08 bits per heavy atom. The van der Waals surface area contributed by atoms with E-state index in [4.69, 9.17) is 4.74 Å². The lowest BCUT2D eigenvalue weighted by atomic mass is 9.81. The van der Waals surface area contributed by atoms with Crippen molar-refractivity contribution in [2.24, 2.45) is 0 Å². The Morgan fingerprint density at radius 1 is 1.36 bits per heavy atom. The molecule has 0 radical (unpaired) electrons. The summed E-state index contributed by atoms with van der Waals surface area (Å²) in [7, 11) is 0. The maximum atomic E-state index is 12.3. The Hall–Kier alpha value is -3.16. The third-order valence-corrected chi connectivity index (χ3v) is 3.84. The van der Waals surface area contributed by atoms with E-state index in [-0.39, 0.29) is 23.4 Å². The van der Waals surface area contributed by atoms with Gasteiger partial charge in [0.2, 0.25) is 0 Å². The van der Waals surface area contributed by atoms with Gasteiger partial charge in [-0.05, 0) is 18.9 Å². The van der Waals surface area contributed by atoms with Crippen molar-refractivity contribution in [3.8, 4) is 0 Å². The quantitative estimate of drug-likeness (QED) is 0.461. The van der Waals surface area contributed by atoms with Gasteiger partial charge in [-0.2, -0.15) is 0 Å². The van der Waals surface area contributed by atoms with Gasteiger partial charge in [-0.15, -0.1) is 0 Å². The van der Waals surface area contributed by atoms with E-state index in [9.17, 15) is 24.8 Å². The van der Waals surface area contributed by atoms with E-state index in [2.05, 4.69) is 5.32 Å². The molecule has 0 aromatic heterocycles. The van der Waals surface area contributed by atoms with Gasteiger partial charge >= 0.3 is 11.9 Å². The lowest BCUT2D eigenvalue weighted by Crippen LogP contribution is -2.29. The number of carbonyl (C=O) groups excluding carboxylic acids is 1. The molecule has 25 heavy (non-hydrogen) atoms. The van der Waals surface area contributed by atoms with Crippen molar-refractivity contribution in [1.82, 2.24) is 5.32 Å². The van der Waals surface area contributed by atoms with E-state index < -0.39 is 22.8 Å². The number of hydrogen-bond acceptors (Lipinski definition) is 6. The molecule has 0 saturated carbocycles. The number of nitrogens with one attached hydrogen (secondary N) is 1. The highest BCUT2D eigenvalue weighted by molar-refractivity contribution is 5.98. The number of nitrogens with zero attached hydrogens (tertiary/aromatic N) is 1. The molecule has 2 rings (SSSR count). The van der Waals surface area contributed by atoms with Gasteiger partial charge in [0.25, 0.3) is 5.69 Å². The summed E-state index contributed by atoms with van der Waals surface area (Å²) in [6, 6.07) is 5.61. The molecule has 8 heteroatoms. The molecule has 1 heterocycles. The minimum absolute atomic E-state index is 0.0199. The molecule has 0 fully saturated rings. The largest absolute Gasteiger partial charge is 0.478 e. The number of carboxylic acids is 1. The van der Waals surface area contributed by atoms with E-state index in [1.165, 1.54) is 24.4 Å². The molecule has 1 aliphatic heterocycles. The van der Waals surface area contributed by atoms with Gasteiger partial charge in [-0.1, -0.05) is 19.1 Å². The van der Waals surface area contributed by atoms with Crippen LogP contribution in [0.3, 0.4) is 0 Å². The summed E-state index contributed by atoms with van der Waals surface area (Å²) >= 11 is 0. The van der Waals surface area contributed by atoms with E-state index in [0.29, 0.717) is 17.7 Å². The monoisotopic (exact) mass is 346 g/mol. The highest BCUT2D eigenvalue weighted by Crippen LogP contribution is 2.38. The molecule has 0 saturated heterocycles. The lowest BCUT2D eigenvalue weighted by molar-refractivity contribution is -0.384. The topological polar surface area (TPSA) is 119 Å². The summed E-state index contributed by atoms with van der Waals surface area (Å²) in [5.74, 6) is -2.82. The van der Waals surface area contributed by atoms with E-state index in [1.54, 1.807) is 19.9 Å². The Labute approximate surface area is 143 Å². The van der Waals surface area contributed by atoms with Crippen molar-refractivity contribution in [3.63, 3.8) is 0 Å². The first kappa shape index (κ1) is 18.2. The highest BCUT2D eigenvalue weighted by atomic mass is 16.6. The number of ether oxygens (including phenoxy) is 1. The second-order valence-corrected chi connectivity index (χ2v) is 5.30. The fourth-order valence-electron chi connectivity index (χ4n) is 2.76. The molecular formula is C17H18N2O6. The fourth-order valence-corrected chi connectivity index (χ4v) is 2.76. The third-order valence-electron chi connectivity index (χ3n) is 3.84. The van der Waals surface area contributed by atoms with Crippen LogP contribution in [-0.4, -0.2) is 28.6 Å². The average Bonchev–Trinajstić information content (AvgIpc) is 2.60. The Kier molecular flexibility index (Phi) is 5.53. The number of allylic oxidation sites excluding steroid dienone is 1. The van der Waals surface area contributed by atoms with Gasteiger partial charge in [0, 0.05) is 24.0 Å². The van der Waals surface area contributed by atoms with Crippen molar-refractivity contribution in [2.45, 2.75) is 26.2 Å². The van der Waals surface area contributed by atoms with Crippen molar-refractivity contribution in [2.75, 3.05) is 6.61 Å². The summed E-state index contributed by atoms with van der Waals surface area (Å²) < 4.78 is 5.01. The maximum absolute atomic E-state index is 12.3. The first-order valence-corrected chi connectivity index (χ1v) is 7.75. The highest BCUT2D eigenvalue weighted by Gasteiger charge is 2.36. The second kappa shape index (κ2) is 7.61. The van der Waals surface area contributed by atoms with Crippen molar-refractivity contribution in [1.29, 1.82) is 0 Å². The predicted octanol–water partition coefficient (Wildman–Crippen LogP) is 2.48. The number of esters is 1. The van der Waals surface area contributed by atoms with Crippen LogP contribution < -0.4 is 5.32 Å². The zero-order valence-electron chi connectivity index (χ0n) is 13.8. The zero-order valence-corrected chi connectivity index (χ0v) is 13.8. The van der Waals surface area contributed by atoms with Crippen LogP contribution in [0.4, 0.5) is 5.69 Å². The van der Waals surface area contributed by atoms with Crippen LogP contribution in [0, 0.1) is 10.1 Å².